The third-order valence-electron chi connectivity index (χ3n) is 4.22. The van der Waals surface area contributed by atoms with E-state index >= 15 is 0 Å². The van der Waals surface area contributed by atoms with Gasteiger partial charge in [0.25, 0.3) is 0 Å². The highest BCUT2D eigenvalue weighted by Crippen LogP contribution is 2.22. The van der Waals surface area contributed by atoms with Crippen LogP contribution in [-0.2, 0) is 19.4 Å². The Morgan fingerprint density at radius 2 is 1.66 bits per heavy atom. The van der Waals surface area contributed by atoms with E-state index in [4.69, 9.17) is 9.47 Å². The van der Waals surface area contributed by atoms with E-state index in [1.807, 2.05) is 66.2 Å². The van der Waals surface area contributed by atoms with Crippen LogP contribution in [0, 0.1) is 0 Å². The molecule has 0 aliphatic carbocycles. The summed E-state index contributed by atoms with van der Waals surface area (Å²) in [5, 5.41) is 21.2. The van der Waals surface area contributed by atoms with E-state index in [9.17, 15) is 0 Å². The Morgan fingerprint density at radius 3 is 2.41 bits per heavy atom. The summed E-state index contributed by atoms with van der Waals surface area (Å²) in [5.74, 6) is 3.55. The number of thioether (sulfide) groups is 1. The average Bonchev–Trinajstić information content (AvgIpc) is 3.38. The minimum atomic E-state index is 0.318. The predicted octanol–water partition coefficient (Wildman–Crippen LogP) is 2.67. The molecule has 0 saturated carbocycles. The highest BCUT2D eigenvalue weighted by atomic mass is 32.2. The van der Waals surface area contributed by atoms with E-state index in [0.29, 0.717) is 12.4 Å². The summed E-state index contributed by atoms with van der Waals surface area (Å²) in [5.41, 5.74) is 0.916. The quantitative estimate of drug-likeness (QED) is 0.410. The van der Waals surface area contributed by atoms with Gasteiger partial charge >= 0.3 is 0 Å². The summed E-state index contributed by atoms with van der Waals surface area (Å²) < 4.78 is 14.6. The van der Waals surface area contributed by atoms with E-state index in [-0.39, 0.29) is 0 Å². The molecule has 0 atom stereocenters. The average molecular weight is 409 g/mol. The fraction of sp³-hybridized carbons (Fsp3) is 0.211. The highest BCUT2D eigenvalue weighted by molar-refractivity contribution is 7.98. The molecule has 4 rings (SSSR count). The second-order valence-electron chi connectivity index (χ2n) is 6.05. The van der Waals surface area contributed by atoms with Gasteiger partial charge in [-0.3, -0.25) is 0 Å². The Balaban J connectivity index is 1.39. The van der Waals surface area contributed by atoms with Crippen molar-refractivity contribution in [3.05, 3.63) is 66.2 Å². The molecule has 0 aliphatic rings. The number of nitrogens with zero attached hydrogens (tertiary/aromatic N) is 7. The predicted molar refractivity (Wildman–Crippen MR) is 107 cm³/mol. The maximum absolute atomic E-state index is 5.79. The second-order valence-corrected chi connectivity index (χ2v) is 7.00. The molecule has 0 aliphatic heterocycles. The van der Waals surface area contributed by atoms with Crippen LogP contribution in [0.25, 0.3) is 5.69 Å². The first-order chi connectivity index (χ1) is 14.2. The zero-order chi connectivity index (χ0) is 20.1. The molecule has 9 nitrogen and oxygen atoms in total. The Labute approximate surface area is 171 Å². The molecule has 0 unspecified atom stereocenters. The standard InChI is InChI=1S/C19H19N7O2S/c1-25-17(12-28-16-10-8-15(27-2)9-11-16)20-22-19(25)29-13-18-21-23-24-26(18)14-6-4-3-5-7-14/h3-11H,12-13H2,1-2H3. The number of rotatable bonds is 8. The van der Waals surface area contributed by atoms with Crippen molar-refractivity contribution in [1.82, 2.24) is 35.0 Å². The Kier molecular flexibility index (Phi) is 5.71. The van der Waals surface area contributed by atoms with Gasteiger partial charge in [-0.15, -0.1) is 15.3 Å². The first kappa shape index (κ1) is 18.9. The molecular weight excluding hydrogens is 390 g/mol. The van der Waals surface area contributed by atoms with E-state index in [1.54, 1.807) is 11.8 Å². The maximum Gasteiger partial charge on any atom is 0.191 e. The second kappa shape index (κ2) is 8.74. The fourth-order valence-electron chi connectivity index (χ4n) is 2.61. The largest absolute Gasteiger partial charge is 0.497 e. The van der Waals surface area contributed by atoms with Crippen LogP contribution in [0.4, 0.5) is 0 Å². The highest BCUT2D eigenvalue weighted by Gasteiger charge is 2.13. The molecule has 0 spiro atoms. The number of hydrogen-bond acceptors (Lipinski definition) is 8. The van der Waals surface area contributed by atoms with E-state index in [0.717, 1.165) is 34.0 Å². The molecule has 2 aromatic carbocycles. The Bertz CT molecular complexity index is 1060. The number of methoxy groups -OCH3 is 1. The number of para-hydroxylation sites is 1. The topological polar surface area (TPSA) is 92.8 Å². The van der Waals surface area contributed by atoms with Gasteiger partial charge in [-0.05, 0) is 46.8 Å². The van der Waals surface area contributed by atoms with Crippen LogP contribution in [0.5, 0.6) is 11.5 Å². The molecule has 0 amide bonds. The molecule has 148 valence electrons. The van der Waals surface area contributed by atoms with Crippen molar-refractivity contribution in [3.63, 3.8) is 0 Å². The normalized spacial score (nSPS) is 10.8. The lowest BCUT2D eigenvalue weighted by molar-refractivity contribution is 0.290. The molecule has 4 aromatic rings. The summed E-state index contributed by atoms with van der Waals surface area (Å²) in [6.07, 6.45) is 0. The zero-order valence-corrected chi connectivity index (χ0v) is 16.8. The summed E-state index contributed by atoms with van der Waals surface area (Å²) in [6.45, 7) is 0.318. The van der Waals surface area contributed by atoms with Crippen LogP contribution in [0.2, 0.25) is 0 Å². The number of hydrogen-bond donors (Lipinski definition) is 0. The molecule has 0 bridgehead atoms. The van der Waals surface area contributed by atoms with Gasteiger partial charge in [-0.25, -0.2) is 0 Å². The van der Waals surface area contributed by atoms with Crippen LogP contribution in [0.1, 0.15) is 11.6 Å². The van der Waals surface area contributed by atoms with Crippen LogP contribution in [-0.4, -0.2) is 42.1 Å². The Morgan fingerprint density at radius 1 is 0.897 bits per heavy atom. The van der Waals surface area contributed by atoms with Crippen LogP contribution in [0.3, 0.4) is 0 Å². The minimum absolute atomic E-state index is 0.318. The van der Waals surface area contributed by atoms with Gasteiger partial charge in [0.2, 0.25) is 0 Å². The van der Waals surface area contributed by atoms with Crippen molar-refractivity contribution in [3.8, 4) is 17.2 Å². The molecule has 29 heavy (non-hydrogen) atoms. The van der Waals surface area contributed by atoms with Gasteiger partial charge in [-0.1, -0.05) is 30.0 Å². The lowest BCUT2D eigenvalue weighted by Gasteiger charge is -2.07. The van der Waals surface area contributed by atoms with Crippen LogP contribution < -0.4 is 9.47 Å². The zero-order valence-electron chi connectivity index (χ0n) is 16.0. The fourth-order valence-corrected chi connectivity index (χ4v) is 3.45. The smallest absolute Gasteiger partial charge is 0.191 e. The van der Waals surface area contributed by atoms with E-state index in [2.05, 4.69) is 25.7 Å². The van der Waals surface area contributed by atoms with Gasteiger partial charge in [0.15, 0.2) is 16.8 Å². The third-order valence-corrected chi connectivity index (χ3v) is 5.23. The molecule has 10 heteroatoms. The molecule has 2 heterocycles. The first-order valence-corrected chi connectivity index (χ1v) is 9.84. The van der Waals surface area contributed by atoms with Crippen LogP contribution in [0.15, 0.2) is 59.8 Å². The number of benzene rings is 2. The first-order valence-electron chi connectivity index (χ1n) is 8.85. The van der Waals surface area contributed by atoms with Gasteiger partial charge in [0, 0.05) is 7.05 Å². The molecule has 0 saturated heterocycles. The number of aromatic nitrogens is 7. The van der Waals surface area contributed by atoms with Crippen molar-refractivity contribution >= 4 is 11.8 Å². The molecular formula is C19H19N7O2S. The van der Waals surface area contributed by atoms with Gasteiger partial charge in [0.1, 0.15) is 18.1 Å². The van der Waals surface area contributed by atoms with Gasteiger partial charge in [0.05, 0.1) is 18.6 Å². The van der Waals surface area contributed by atoms with Crippen molar-refractivity contribution in [2.24, 2.45) is 7.05 Å². The number of tetrazole rings is 1. The summed E-state index contributed by atoms with van der Waals surface area (Å²) in [6, 6.07) is 17.2. The van der Waals surface area contributed by atoms with Gasteiger partial charge in [-0.2, -0.15) is 4.68 Å². The number of ether oxygens (including phenoxy) is 2. The molecule has 0 fully saturated rings. The molecule has 0 radical (unpaired) electrons. The third kappa shape index (κ3) is 4.37. The molecule has 2 aromatic heterocycles. The van der Waals surface area contributed by atoms with Crippen LogP contribution >= 0.6 is 11.8 Å². The molecule has 0 N–H and O–H groups in total. The van der Waals surface area contributed by atoms with E-state index in [1.165, 1.54) is 11.8 Å². The van der Waals surface area contributed by atoms with Gasteiger partial charge < -0.3 is 14.0 Å². The lowest BCUT2D eigenvalue weighted by Crippen LogP contribution is -2.05. The summed E-state index contributed by atoms with van der Waals surface area (Å²) in [7, 11) is 3.54. The van der Waals surface area contributed by atoms with Crippen molar-refractivity contribution in [2.75, 3.05) is 7.11 Å². The van der Waals surface area contributed by atoms with Crippen molar-refractivity contribution in [2.45, 2.75) is 17.5 Å². The van der Waals surface area contributed by atoms with Crippen molar-refractivity contribution in [1.29, 1.82) is 0 Å². The minimum Gasteiger partial charge on any atom is -0.497 e. The van der Waals surface area contributed by atoms with E-state index < -0.39 is 0 Å². The SMILES string of the molecule is COc1ccc(OCc2nnc(SCc3nnnn3-c3ccccc3)n2C)cc1. The van der Waals surface area contributed by atoms with Crippen molar-refractivity contribution < 1.29 is 9.47 Å². The summed E-state index contributed by atoms with van der Waals surface area (Å²) >= 11 is 1.51. The lowest BCUT2D eigenvalue weighted by atomic mass is 10.3. The maximum atomic E-state index is 5.79. The monoisotopic (exact) mass is 409 g/mol. The summed E-state index contributed by atoms with van der Waals surface area (Å²) in [4.78, 5) is 0. The Hall–Kier alpha value is -3.40.